The molecule has 2 aromatic carbocycles. The summed E-state index contributed by atoms with van der Waals surface area (Å²) in [6.45, 7) is 3.97. The lowest BCUT2D eigenvalue weighted by Crippen LogP contribution is -2.23. The average molecular weight is 303 g/mol. The zero-order valence-electron chi connectivity index (χ0n) is 12.7. The molecule has 0 aliphatic rings. The maximum Gasteiger partial charge on any atom is 0.0409 e. The van der Waals surface area contributed by atoms with Gasteiger partial charge in [0.1, 0.15) is 0 Å². The number of benzene rings is 2. The van der Waals surface area contributed by atoms with Crippen LogP contribution in [0.2, 0.25) is 5.02 Å². The quantitative estimate of drug-likeness (QED) is 0.868. The number of halogens is 1. The van der Waals surface area contributed by atoms with Crippen molar-refractivity contribution in [2.45, 2.75) is 25.9 Å². The Hall–Kier alpha value is -1.35. The Morgan fingerprint density at radius 1 is 1.14 bits per heavy atom. The van der Waals surface area contributed by atoms with Gasteiger partial charge >= 0.3 is 0 Å². The fourth-order valence-electron chi connectivity index (χ4n) is 2.54. The molecule has 0 spiro atoms. The van der Waals surface area contributed by atoms with Crippen molar-refractivity contribution in [1.29, 1.82) is 0 Å². The van der Waals surface area contributed by atoms with Crippen LogP contribution < -0.4 is 5.73 Å². The zero-order chi connectivity index (χ0) is 15.2. The van der Waals surface area contributed by atoms with Crippen LogP contribution in [0.5, 0.6) is 0 Å². The van der Waals surface area contributed by atoms with E-state index in [0.29, 0.717) is 0 Å². The summed E-state index contributed by atoms with van der Waals surface area (Å²) in [5.41, 5.74) is 10.1. The zero-order valence-corrected chi connectivity index (χ0v) is 13.5. The molecule has 2 aromatic rings. The van der Waals surface area contributed by atoms with Crippen molar-refractivity contribution in [3.8, 4) is 0 Å². The lowest BCUT2D eigenvalue weighted by molar-refractivity contribution is 0.311. The summed E-state index contributed by atoms with van der Waals surface area (Å²) in [6, 6.07) is 16.4. The van der Waals surface area contributed by atoms with Crippen LogP contribution >= 0.6 is 11.6 Å². The molecule has 112 valence electrons. The van der Waals surface area contributed by atoms with Crippen molar-refractivity contribution >= 4 is 11.6 Å². The number of aryl methyl sites for hydroxylation is 1. The molecule has 0 amide bonds. The first-order valence-corrected chi connectivity index (χ1v) is 7.68. The van der Waals surface area contributed by atoms with Crippen LogP contribution in [0.25, 0.3) is 0 Å². The Morgan fingerprint density at radius 3 is 2.62 bits per heavy atom. The van der Waals surface area contributed by atoms with Crippen LogP contribution in [-0.4, -0.2) is 18.5 Å². The molecule has 0 radical (unpaired) electrons. The van der Waals surface area contributed by atoms with Crippen molar-refractivity contribution in [2.75, 3.05) is 13.6 Å². The summed E-state index contributed by atoms with van der Waals surface area (Å²) >= 11 is 6.01. The Labute approximate surface area is 132 Å². The van der Waals surface area contributed by atoms with Gasteiger partial charge in [-0.2, -0.15) is 0 Å². The first-order chi connectivity index (χ1) is 10.1. The second-order valence-electron chi connectivity index (χ2n) is 5.62. The Morgan fingerprint density at radius 2 is 1.90 bits per heavy atom. The predicted molar refractivity (Wildman–Crippen MR) is 90.5 cm³/mol. The van der Waals surface area contributed by atoms with Crippen LogP contribution in [-0.2, 0) is 6.54 Å². The van der Waals surface area contributed by atoms with Crippen molar-refractivity contribution in [2.24, 2.45) is 5.73 Å². The van der Waals surface area contributed by atoms with E-state index < -0.39 is 0 Å². The maximum absolute atomic E-state index is 6.31. The highest BCUT2D eigenvalue weighted by Gasteiger charge is 2.10. The smallest absolute Gasteiger partial charge is 0.0409 e. The van der Waals surface area contributed by atoms with Gasteiger partial charge in [-0.25, -0.2) is 0 Å². The van der Waals surface area contributed by atoms with E-state index in [2.05, 4.69) is 49.2 Å². The van der Waals surface area contributed by atoms with Crippen molar-refractivity contribution in [1.82, 2.24) is 4.90 Å². The van der Waals surface area contributed by atoms with E-state index in [4.69, 9.17) is 17.3 Å². The largest absolute Gasteiger partial charge is 0.324 e. The fourth-order valence-corrected chi connectivity index (χ4v) is 2.76. The van der Waals surface area contributed by atoms with E-state index >= 15 is 0 Å². The third-order valence-electron chi connectivity index (χ3n) is 3.75. The molecule has 0 aliphatic heterocycles. The molecule has 0 saturated heterocycles. The van der Waals surface area contributed by atoms with E-state index in [1.54, 1.807) is 0 Å². The third kappa shape index (κ3) is 4.85. The average Bonchev–Trinajstić information content (AvgIpc) is 2.45. The number of hydrogen-bond donors (Lipinski definition) is 1. The molecule has 0 fully saturated rings. The van der Waals surface area contributed by atoms with Crippen molar-refractivity contribution in [3.63, 3.8) is 0 Å². The van der Waals surface area contributed by atoms with Crippen LogP contribution in [0, 0.1) is 6.92 Å². The predicted octanol–water partition coefficient (Wildman–Crippen LogP) is 4.17. The summed E-state index contributed by atoms with van der Waals surface area (Å²) in [6.07, 6.45) is 0.946. The van der Waals surface area contributed by atoms with E-state index in [9.17, 15) is 0 Å². The Kier molecular flexibility index (Phi) is 5.80. The molecular formula is C18H23ClN2. The first-order valence-electron chi connectivity index (χ1n) is 7.30. The standard InChI is InChI=1S/C18H23ClN2/c1-14-6-3-4-9-17(14)18(20)10-11-21(2)13-15-7-5-8-16(19)12-15/h3-9,12,18H,10-11,13,20H2,1-2H3. The molecule has 1 unspecified atom stereocenters. The van der Waals surface area contributed by atoms with Gasteiger partial charge in [0.25, 0.3) is 0 Å². The summed E-state index contributed by atoms with van der Waals surface area (Å²) in [5, 5.41) is 0.789. The molecule has 0 aromatic heterocycles. The van der Waals surface area contributed by atoms with E-state index in [0.717, 1.165) is 24.5 Å². The van der Waals surface area contributed by atoms with Crippen molar-refractivity contribution in [3.05, 3.63) is 70.2 Å². The molecule has 0 aliphatic carbocycles. The monoisotopic (exact) mass is 302 g/mol. The van der Waals surface area contributed by atoms with Crippen molar-refractivity contribution < 1.29 is 0 Å². The minimum absolute atomic E-state index is 0.0908. The highest BCUT2D eigenvalue weighted by molar-refractivity contribution is 6.30. The summed E-state index contributed by atoms with van der Waals surface area (Å²) in [4.78, 5) is 2.28. The maximum atomic E-state index is 6.31. The number of nitrogens with two attached hydrogens (primary N) is 1. The Balaban J connectivity index is 1.86. The molecule has 3 heteroatoms. The van der Waals surface area contributed by atoms with E-state index in [1.807, 2.05) is 18.2 Å². The third-order valence-corrected chi connectivity index (χ3v) is 3.99. The van der Waals surface area contributed by atoms with Gasteiger partial charge < -0.3 is 10.6 Å². The summed E-state index contributed by atoms with van der Waals surface area (Å²) in [5.74, 6) is 0. The second-order valence-corrected chi connectivity index (χ2v) is 6.06. The van der Waals surface area contributed by atoms with Crippen LogP contribution in [0.1, 0.15) is 29.2 Å². The van der Waals surface area contributed by atoms with Gasteiger partial charge in [0.05, 0.1) is 0 Å². The van der Waals surface area contributed by atoms with Crippen LogP contribution in [0.15, 0.2) is 48.5 Å². The van der Waals surface area contributed by atoms with E-state index in [-0.39, 0.29) is 6.04 Å². The molecule has 0 heterocycles. The highest BCUT2D eigenvalue weighted by atomic mass is 35.5. The van der Waals surface area contributed by atoms with Crippen LogP contribution in [0.3, 0.4) is 0 Å². The molecule has 2 nitrogen and oxygen atoms in total. The van der Waals surface area contributed by atoms with Gasteiger partial charge in [0.2, 0.25) is 0 Å². The minimum Gasteiger partial charge on any atom is -0.324 e. The van der Waals surface area contributed by atoms with E-state index in [1.165, 1.54) is 16.7 Å². The molecule has 2 rings (SSSR count). The number of nitrogens with zero attached hydrogens (tertiary/aromatic N) is 1. The topological polar surface area (TPSA) is 29.3 Å². The summed E-state index contributed by atoms with van der Waals surface area (Å²) in [7, 11) is 2.12. The lowest BCUT2D eigenvalue weighted by atomic mass is 9.99. The van der Waals surface area contributed by atoms with Gasteiger partial charge in [-0.05, 0) is 55.8 Å². The van der Waals surface area contributed by atoms with Gasteiger partial charge in [0, 0.05) is 17.6 Å². The van der Waals surface area contributed by atoms with Gasteiger partial charge in [0.15, 0.2) is 0 Å². The Bertz CT molecular complexity index is 583. The molecule has 0 bridgehead atoms. The lowest BCUT2D eigenvalue weighted by Gasteiger charge is -2.20. The molecule has 2 N–H and O–H groups in total. The number of rotatable bonds is 6. The second kappa shape index (κ2) is 7.60. The first kappa shape index (κ1) is 16.0. The van der Waals surface area contributed by atoms with Gasteiger partial charge in [-0.15, -0.1) is 0 Å². The summed E-state index contributed by atoms with van der Waals surface area (Å²) < 4.78 is 0. The van der Waals surface area contributed by atoms with Gasteiger partial charge in [-0.1, -0.05) is 48.0 Å². The molecule has 1 atom stereocenters. The molecular weight excluding hydrogens is 280 g/mol. The fraction of sp³-hybridized carbons (Fsp3) is 0.333. The molecule has 21 heavy (non-hydrogen) atoms. The SMILES string of the molecule is Cc1ccccc1C(N)CCN(C)Cc1cccc(Cl)c1. The minimum atomic E-state index is 0.0908. The normalized spacial score (nSPS) is 12.6. The highest BCUT2D eigenvalue weighted by Crippen LogP contribution is 2.19. The van der Waals surface area contributed by atoms with Gasteiger partial charge in [-0.3, -0.25) is 0 Å². The molecule has 0 saturated carbocycles. The van der Waals surface area contributed by atoms with Crippen LogP contribution in [0.4, 0.5) is 0 Å². The number of hydrogen-bond acceptors (Lipinski definition) is 2.